The largest absolute Gasteiger partial charge is 0.444 e. The normalized spacial score (nSPS) is 15.7. The van der Waals surface area contributed by atoms with Crippen molar-refractivity contribution in [3.63, 3.8) is 0 Å². The lowest BCUT2D eigenvalue weighted by atomic mass is 10.2. The number of alkyl halides is 3. The Balaban J connectivity index is 0.000000998. The second kappa shape index (κ2) is 12.2. The highest BCUT2D eigenvalue weighted by molar-refractivity contribution is 5.80. The van der Waals surface area contributed by atoms with Gasteiger partial charge in [0, 0.05) is 39.2 Å². The molecule has 38 heavy (non-hydrogen) atoms. The summed E-state index contributed by atoms with van der Waals surface area (Å²) in [6, 6.07) is 7.02. The number of amides is 1. The summed E-state index contributed by atoms with van der Waals surface area (Å²) in [5.41, 5.74) is 1.70. The minimum Gasteiger partial charge on any atom is -0.444 e. The topological polar surface area (TPSA) is 111 Å². The van der Waals surface area contributed by atoms with Gasteiger partial charge in [0.15, 0.2) is 0 Å². The summed E-state index contributed by atoms with van der Waals surface area (Å²) in [7, 11) is 1.72. The Morgan fingerprint density at radius 3 is 2.61 bits per heavy atom. The van der Waals surface area contributed by atoms with Crippen LogP contribution < -0.4 is 15.8 Å². The number of halogens is 3. The molecule has 4 heterocycles. The van der Waals surface area contributed by atoms with E-state index in [4.69, 9.17) is 19.4 Å². The molecule has 0 aromatic carbocycles. The molecule has 0 bridgehead atoms. The molecule has 0 radical (unpaired) electrons. The highest BCUT2D eigenvalue weighted by atomic mass is 19.4. The van der Waals surface area contributed by atoms with Gasteiger partial charge in [0.25, 0.3) is 5.56 Å². The number of carbonyl (C=O) groups is 1. The highest BCUT2D eigenvalue weighted by Crippen LogP contribution is 2.22. The van der Waals surface area contributed by atoms with E-state index in [2.05, 4.69) is 15.2 Å². The van der Waals surface area contributed by atoms with E-state index in [1.54, 1.807) is 17.8 Å². The van der Waals surface area contributed by atoms with E-state index in [0.717, 1.165) is 5.39 Å². The van der Waals surface area contributed by atoms with E-state index in [0.29, 0.717) is 48.2 Å². The first-order valence-electron chi connectivity index (χ1n) is 11.9. The Hall–Kier alpha value is -3.74. The van der Waals surface area contributed by atoms with Gasteiger partial charge in [0.05, 0.1) is 41.9 Å². The Morgan fingerprint density at radius 1 is 1.24 bits per heavy atom. The van der Waals surface area contributed by atoms with Gasteiger partial charge >= 0.3 is 12.8 Å². The van der Waals surface area contributed by atoms with Crippen LogP contribution in [0.15, 0.2) is 35.3 Å². The number of hydrogen-bond donors (Lipinski definition) is 1. The zero-order chi connectivity index (χ0) is 28.0. The fourth-order valence-corrected chi connectivity index (χ4v) is 3.72. The molecule has 0 spiro atoms. The van der Waals surface area contributed by atoms with E-state index < -0.39 is 18.4 Å². The van der Waals surface area contributed by atoms with Crippen LogP contribution in [0.2, 0.25) is 0 Å². The van der Waals surface area contributed by atoms with Gasteiger partial charge in [-0.25, -0.2) is 14.8 Å². The molecule has 10 nitrogen and oxygen atoms in total. The van der Waals surface area contributed by atoms with Crippen LogP contribution in [0.1, 0.15) is 34.8 Å². The first kappa shape index (κ1) is 28.8. The predicted molar refractivity (Wildman–Crippen MR) is 138 cm³/mol. The zero-order valence-electron chi connectivity index (χ0n) is 21.9. The van der Waals surface area contributed by atoms with Crippen LogP contribution in [0.25, 0.3) is 22.3 Å². The number of nitrogens with one attached hydrogen (secondary N) is 1. The first-order valence-corrected chi connectivity index (χ1v) is 11.9. The number of pyridine rings is 2. The lowest BCUT2D eigenvalue weighted by Crippen LogP contribution is -2.44. The Bertz CT molecular complexity index is 1330. The average molecular weight is 539 g/mol. The quantitative estimate of drug-likeness (QED) is 0.529. The van der Waals surface area contributed by atoms with E-state index in [9.17, 15) is 22.8 Å². The van der Waals surface area contributed by atoms with Crippen molar-refractivity contribution in [2.75, 3.05) is 24.6 Å². The van der Waals surface area contributed by atoms with E-state index in [-0.39, 0.29) is 19.6 Å². The number of nitrogens with zero attached hydrogens (tertiary/aromatic N) is 5. The molecule has 1 aliphatic heterocycles. The molecule has 1 atom stereocenters. The summed E-state index contributed by atoms with van der Waals surface area (Å²) in [4.78, 5) is 40.6. The van der Waals surface area contributed by atoms with Gasteiger partial charge in [-0.3, -0.25) is 14.3 Å². The Labute approximate surface area is 219 Å². The highest BCUT2D eigenvalue weighted by Gasteiger charge is 2.21. The van der Waals surface area contributed by atoms with Crippen molar-refractivity contribution >= 4 is 22.9 Å². The maximum Gasteiger partial charge on any atom is 0.407 e. The van der Waals surface area contributed by atoms with Crippen molar-refractivity contribution in [3.05, 3.63) is 46.5 Å². The summed E-state index contributed by atoms with van der Waals surface area (Å²) in [6.45, 7) is 5.88. The molecular formula is C25H33F3N6O4. The van der Waals surface area contributed by atoms with Gasteiger partial charge in [-0.05, 0) is 45.9 Å². The minimum absolute atomic E-state index is 0. The molecule has 3 aromatic rings. The van der Waals surface area contributed by atoms with E-state index >= 15 is 0 Å². The molecule has 13 heteroatoms. The van der Waals surface area contributed by atoms with Crippen molar-refractivity contribution in [3.8, 4) is 11.4 Å². The molecule has 1 aliphatic rings. The molecule has 0 unspecified atom stereocenters. The van der Waals surface area contributed by atoms with Crippen LogP contribution in [-0.2, 0) is 23.1 Å². The lowest BCUT2D eigenvalue weighted by Gasteiger charge is -2.32. The summed E-state index contributed by atoms with van der Waals surface area (Å²) in [5.74, 6) is 0.594. The number of ether oxygens (including phenoxy) is 2. The molecule has 1 amide bonds. The number of rotatable bonds is 4. The molecule has 0 saturated carbocycles. The number of carbonyl (C=O) groups excluding carboxylic acids is 1. The third kappa shape index (κ3) is 8.13. The summed E-state index contributed by atoms with van der Waals surface area (Å²) >= 11 is 0. The van der Waals surface area contributed by atoms with Gasteiger partial charge in [0.1, 0.15) is 5.60 Å². The van der Waals surface area contributed by atoms with E-state index in [1.165, 1.54) is 6.07 Å². The summed E-state index contributed by atoms with van der Waals surface area (Å²) in [5, 5.41) is 3.55. The van der Waals surface area contributed by atoms with Crippen LogP contribution in [-0.4, -0.2) is 63.7 Å². The first-order chi connectivity index (χ1) is 17.8. The third-order valence-corrected chi connectivity index (χ3v) is 5.34. The van der Waals surface area contributed by atoms with Crippen molar-refractivity contribution in [2.45, 2.75) is 52.6 Å². The summed E-state index contributed by atoms with van der Waals surface area (Å²) in [6.07, 6.45) is 1.26. The van der Waals surface area contributed by atoms with Gasteiger partial charge in [-0.2, -0.15) is 13.2 Å². The maximum atomic E-state index is 12.7. The van der Waals surface area contributed by atoms with Crippen molar-refractivity contribution in [1.82, 2.24) is 24.8 Å². The zero-order valence-corrected chi connectivity index (χ0v) is 21.9. The Morgan fingerprint density at radius 2 is 1.95 bits per heavy atom. The predicted octanol–water partition coefficient (Wildman–Crippen LogP) is 4.06. The smallest absolute Gasteiger partial charge is 0.407 e. The molecule has 0 aliphatic carbocycles. The number of fused-ring (bicyclic) bond motifs is 1. The van der Waals surface area contributed by atoms with Crippen molar-refractivity contribution < 1.29 is 28.9 Å². The maximum absolute atomic E-state index is 12.7. The molecule has 1 fully saturated rings. The second-order valence-electron chi connectivity index (χ2n) is 9.63. The minimum atomic E-state index is -3.67. The molecule has 1 N–H and O–H groups in total. The van der Waals surface area contributed by atoms with Gasteiger partial charge in [-0.1, -0.05) is 0 Å². The molecule has 208 valence electrons. The fourth-order valence-electron chi connectivity index (χ4n) is 3.72. The van der Waals surface area contributed by atoms with Gasteiger partial charge in [0.2, 0.25) is 5.95 Å². The molecule has 3 aromatic heterocycles. The second-order valence-corrected chi connectivity index (χ2v) is 9.63. The van der Waals surface area contributed by atoms with Crippen molar-refractivity contribution in [1.29, 1.82) is 0 Å². The Kier molecular flexibility index (Phi) is 9.26. The number of alkyl carbamates (subject to hydrolysis) is 1. The third-order valence-electron chi connectivity index (χ3n) is 5.34. The fraction of sp³-hybridized carbons (Fsp3) is 0.480. The average Bonchev–Trinajstić information content (AvgIpc) is 2.82. The summed E-state index contributed by atoms with van der Waals surface area (Å²) < 4.78 is 41.4. The van der Waals surface area contributed by atoms with Crippen LogP contribution in [0, 0.1) is 0 Å². The van der Waals surface area contributed by atoms with Gasteiger partial charge < -0.3 is 19.7 Å². The van der Waals surface area contributed by atoms with E-state index in [1.807, 2.05) is 45.9 Å². The number of morpholine rings is 1. The lowest BCUT2D eigenvalue weighted by molar-refractivity contribution is 0.00816. The number of hydrogen-bond acceptors (Lipinski definition) is 8. The number of aromatic nitrogens is 4. The number of anilines is 1. The van der Waals surface area contributed by atoms with Crippen LogP contribution >= 0.6 is 0 Å². The monoisotopic (exact) mass is 538 g/mol. The standard InChI is InChI=1S/C24H30N6O4.CHF3.H2/c1-15-14-30(8-9-33-15)22-28-20(11-21(31)29(22)5)18-7-6-16-12-25-17(10-19(16)27-18)13-26-23(32)34-24(2,3)4;2-1(3)4;/h6-7,10-12,15H,8-9,13-14H2,1-5H3,(H,26,32);1H;1H/t15-;;/m1../s1. The van der Waals surface area contributed by atoms with Crippen LogP contribution in [0.3, 0.4) is 0 Å². The molecule has 4 rings (SSSR count). The molecule has 1 saturated heterocycles. The van der Waals surface area contributed by atoms with Crippen molar-refractivity contribution in [2.24, 2.45) is 7.05 Å². The van der Waals surface area contributed by atoms with Crippen LogP contribution in [0.5, 0.6) is 0 Å². The van der Waals surface area contributed by atoms with Crippen LogP contribution in [0.4, 0.5) is 23.9 Å². The van der Waals surface area contributed by atoms with Gasteiger partial charge in [-0.15, -0.1) is 0 Å². The SMILES string of the molecule is C[C@@H]1CN(c2nc(-c3ccc4cnc(CNC(=O)OC(C)(C)C)cc4n3)cc(=O)n2C)CCO1.FC(F)F.[HH]. The molecular weight excluding hydrogens is 505 g/mol.